The molecule has 3 fully saturated rings. The Morgan fingerprint density at radius 3 is 2.58 bits per heavy atom. The number of alkyl halides is 3. The van der Waals surface area contributed by atoms with Crippen molar-refractivity contribution in [1.82, 2.24) is 30.0 Å². The van der Waals surface area contributed by atoms with E-state index in [9.17, 15) is 22.8 Å². The van der Waals surface area contributed by atoms with Crippen molar-refractivity contribution >= 4 is 17.6 Å². The predicted molar refractivity (Wildman–Crippen MR) is 156 cm³/mol. The van der Waals surface area contributed by atoms with Crippen LogP contribution in [0.4, 0.5) is 23.7 Å². The molecule has 3 aliphatic heterocycles. The van der Waals surface area contributed by atoms with Crippen molar-refractivity contribution in [1.29, 1.82) is 0 Å². The lowest BCUT2D eigenvalue weighted by Crippen LogP contribution is -2.59. The third-order valence-electron chi connectivity index (χ3n) is 8.55. The maximum atomic E-state index is 13.8. The summed E-state index contributed by atoms with van der Waals surface area (Å²) in [5, 5.41) is 3.15. The van der Waals surface area contributed by atoms with Crippen molar-refractivity contribution in [2.75, 3.05) is 57.8 Å². The Labute approximate surface area is 250 Å². The summed E-state index contributed by atoms with van der Waals surface area (Å²) < 4.78 is 46.5. The second kappa shape index (κ2) is 12.9. The number of likely N-dealkylation sites (tertiary alicyclic amines) is 2. The van der Waals surface area contributed by atoms with Gasteiger partial charge in [0.25, 0.3) is 5.91 Å². The first-order valence-electron chi connectivity index (χ1n) is 15.1. The summed E-state index contributed by atoms with van der Waals surface area (Å²) in [5.74, 6) is 0.129. The topological polar surface area (TPSA) is 94.1 Å². The van der Waals surface area contributed by atoms with Gasteiger partial charge in [-0.3, -0.25) is 4.79 Å². The number of urea groups is 1. The number of rotatable bonds is 7. The largest absolute Gasteiger partial charge is 0.477 e. The van der Waals surface area contributed by atoms with Gasteiger partial charge in [0.1, 0.15) is 6.04 Å². The fraction of sp³-hybridized carbons (Fsp3) is 0.600. The molecule has 0 aliphatic carbocycles. The number of nitrogens with one attached hydrogen (secondary N) is 1. The van der Waals surface area contributed by atoms with Crippen LogP contribution in [0.15, 0.2) is 30.5 Å². The monoisotopic (exact) mass is 603 g/mol. The molecule has 3 atom stereocenters. The number of amides is 3. The number of likely N-dealkylation sites (N-methyl/N-ethyl adjacent to an activating group) is 1. The maximum Gasteiger partial charge on any atom is 0.408 e. The zero-order valence-corrected chi connectivity index (χ0v) is 24.9. The van der Waals surface area contributed by atoms with Crippen LogP contribution >= 0.6 is 0 Å². The minimum absolute atomic E-state index is 0.00772. The van der Waals surface area contributed by atoms with Gasteiger partial charge in [0, 0.05) is 51.0 Å². The standard InChI is InChI=1S/C30H40F3N7O3/c1-4-21-19-38(29(42)40-14-7-9-25(40)30(31,32)33)16-17-39(21)24-11-10-23(22-8-6-13-34-28(22)43-5-2)36-26(24)27(41)35-20-12-15-37(3)18-20/h6,8,10-11,13,20-21,25H,4-5,7,9,12,14-19H2,1-3H3,(H,35,41)/t20-,21-,25+/m1/s1. The maximum absolute atomic E-state index is 13.8. The second-order valence-electron chi connectivity index (χ2n) is 11.5. The zero-order chi connectivity index (χ0) is 30.7. The summed E-state index contributed by atoms with van der Waals surface area (Å²) in [6.45, 7) is 6.85. The first-order valence-corrected chi connectivity index (χ1v) is 15.1. The van der Waals surface area contributed by atoms with Crippen molar-refractivity contribution in [3.8, 4) is 17.1 Å². The van der Waals surface area contributed by atoms with Crippen molar-refractivity contribution in [3.63, 3.8) is 0 Å². The number of carbonyl (C=O) groups excluding carboxylic acids is 2. The summed E-state index contributed by atoms with van der Waals surface area (Å²) in [5.41, 5.74) is 2.09. The van der Waals surface area contributed by atoms with E-state index in [0.29, 0.717) is 48.8 Å². The first-order chi connectivity index (χ1) is 20.6. The van der Waals surface area contributed by atoms with E-state index in [-0.39, 0.29) is 49.7 Å². The summed E-state index contributed by atoms with van der Waals surface area (Å²) in [6, 6.07) is 4.79. The number of anilines is 1. The van der Waals surface area contributed by atoms with Crippen molar-refractivity contribution in [3.05, 3.63) is 36.2 Å². The van der Waals surface area contributed by atoms with Gasteiger partial charge in [-0.15, -0.1) is 0 Å². The molecule has 10 nitrogen and oxygen atoms in total. The number of halogens is 3. The highest BCUT2D eigenvalue weighted by atomic mass is 19.4. The molecular weight excluding hydrogens is 563 g/mol. The van der Waals surface area contributed by atoms with Crippen LogP contribution in [-0.4, -0.2) is 114 Å². The predicted octanol–water partition coefficient (Wildman–Crippen LogP) is 4.02. The van der Waals surface area contributed by atoms with Crippen LogP contribution in [0.5, 0.6) is 5.88 Å². The van der Waals surface area contributed by atoms with E-state index in [0.717, 1.165) is 24.4 Å². The van der Waals surface area contributed by atoms with Crippen LogP contribution in [-0.2, 0) is 0 Å². The molecule has 2 aromatic rings. The summed E-state index contributed by atoms with van der Waals surface area (Å²) in [6.07, 6.45) is -1.08. The molecule has 1 N–H and O–H groups in total. The highest BCUT2D eigenvalue weighted by Gasteiger charge is 2.49. The van der Waals surface area contributed by atoms with Crippen LogP contribution in [0.2, 0.25) is 0 Å². The van der Waals surface area contributed by atoms with Gasteiger partial charge in [-0.05, 0) is 70.5 Å². The second-order valence-corrected chi connectivity index (χ2v) is 11.5. The molecule has 0 spiro atoms. The van der Waals surface area contributed by atoms with Gasteiger partial charge in [-0.2, -0.15) is 13.2 Å². The van der Waals surface area contributed by atoms with E-state index in [2.05, 4.69) is 20.1 Å². The molecule has 43 heavy (non-hydrogen) atoms. The third kappa shape index (κ3) is 6.66. The molecule has 2 aromatic heterocycles. The Bertz CT molecular complexity index is 1310. The zero-order valence-electron chi connectivity index (χ0n) is 24.9. The number of carbonyl (C=O) groups is 2. The molecule has 5 heterocycles. The molecule has 0 saturated carbocycles. The molecule has 234 valence electrons. The summed E-state index contributed by atoms with van der Waals surface area (Å²) in [7, 11) is 2.01. The molecule has 0 unspecified atom stereocenters. The van der Waals surface area contributed by atoms with E-state index in [1.54, 1.807) is 12.3 Å². The molecular formula is C30H40F3N7O3. The summed E-state index contributed by atoms with van der Waals surface area (Å²) in [4.78, 5) is 43.0. The Kier molecular flexibility index (Phi) is 9.28. The molecule has 3 amide bonds. The number of nitrogens with zero attached hydrogens (tertiary/aromatic N) is 6. The van der Waals surface area contributed by atoms with Gasteiger partial charge in [0.15, 0.2) is 5.69 Å². The molecule has 3 aliphatic rings. The fourth-order valence-electron chi connectivity index (χ4n) is 6.36. The van der Waals surface area contributed by atoms with E-state index in [1.807, 2.05) is 39.1 Å². The van der Waals surface area contributed by atoms with Gasteiger partial charge in [-0.1, -0.05) is 6.92 Å². The number of pyridine rings is 2. The number of piperazine rings is 1. The lowest BCUT2D eigenvalue weighted by molar-refractivity contribution is -0.170. The number of ether oxygens (including phenoxy) is 1. The smallest absolute Gasteiger partial charge is 0.408 e. The van der Waals surface area contributed by atoms with Gasteiger partial charge in [0.2, 0.25) is 5.88 Å². The van der Waals surface area contributed by atoms with E-state index < -0.39 is 18.2 Å². The highest BCUT2D eigenvalue weighted by molar-refractivity contribution is 5.99. The van der Waals surface area contributed by atoms with E-state index >= 15 is 0 Å². The Hall–Kier alpha value is -3.61. The minimum Gasteiger partial charge on any atom is -0.477 e. The Balaban J connectivity index is 1.43. The Morgan fingerprint density at radius 1 is 1.07 bits per heavy atom. The summed E-state index contributed by atoms with van der Waals surface area (Å²) >= 11 is 0. The third-order valence-corrected chi connectivity index (χ3v) is 8.55. The lowest BCUT2D eigenvalue weighted by Gasteiger charge is -2.44. The number of hydrogen-bond donors (Lipinski definition) is 1. The van der Waals surface area contributed by atoms with Crippen LogP contribution in [0.25, 0.3) is 11.3 Å². The first kappa shape index (κ1) is 30.8. The van der Waals surface area contributed by atoms with E-state index in [4.69, 9.17) is 9.72 Å². The lowest BCUT2D eigenvalue weighted by atomic mass is 10.1. The minimum atomic E-state index is -4.45. The fourth-order valence-corrected chi connectivity index (χ4v) is 6.36. The molecule has 0 radical (unpaired) electrons. The normalized spacial score (nSPS) is 23.1. The van der Waals surface area contributed by atoms with Crippen LogP contribution in [0, 0.1) is 0 Å². The van der Waals surface area contributed by atoms with Gasteiger partial charge in [-0.25, -0.2) is 14.8 Å². The van der Waals surface area contributed by atoms with E-state index in [1.165, 1.54) is 4.90 Å². The molecule has 0 aromatic carbocycles. The molecule has 13 heteroatoms. The Morgan fingerprint density at radius 2 is 1.88 bits per heavy atom. The van der Waals surface area contributed by atoms with Crippen LogP contribution in [0.3, 0.4) is 0 Å². The van der Waals surface area contributed by atoms with Crippen LogP contribution in [0.1, 0.15) is 50.0 Å². The molecule has 3 saturated heterocycles. The van der Waals surface area contributed by atoms with Crippen LogP contribution < -0.4 is 15.0 Å². The quantitative estimate of drug-likeness (QED) is 0.511. The van der Waals surface area contributed by atoms with Gasteiger partial charge >= 0.3 is 12.2 Å². The number of aromatic nitrogens is 2. The molecule has 5 rings (SSSR count). The average molecular weight is 604 g/mol. The van der Waals surface area contributed by atoms with Crippen molar-refractivity contribution < 1.29 is 27.5 Å². The van der Waals surface area contributed by atoms with Gasteiger partial charge in [0.05, 0.1) is 23.6 Å². The highest BCUT2D eigenvalue weighted by Crippen LogP contribution is 2.35. The van der Waals surface area contributed by atoms with Gasteiger partial charge < -0.3 is 29.7 Å². The molecule has 0 bridgehead atoms. The van der Waals surface area contributed by atoms with Crippen molar-refractivity contribution in [2.45, 2.75) is 63.8 Å². The number of hydrogen-bond acceptors (Lipinski definition) is 7. The SMILES string of the molecule is CCOc1ncccc1-c1ccc(N2CCN(C(=O)N3CCC[C@H]3C(F)(F)F)C[C@H]2CC)c(C(=O)N[C@@H]2CCN(C)C2)n1. The average Bonchev–Trinajstić information content (AvgIpc) is 3.66. The van der Waals surface area contributed by atoms with Crippen molar-refractivity contribution in [2.24, 2.45) is 0 Å².